The van der Waals surface area contributed by atoms with E-state index in [9.17, 15) is 9.59 Å². The first-order valence-corrected chi connectivity index (χ1v) is 9.59. The van der Waals surface area contributed by atoms with E-state index in [0.29, 0.717) is 31.6 Å². The van der Waals surface area contributed by atoms with Crippen molar-refractivity contribution in [3.8, 4) is 11.3 Å². The summed E-state index contributed by atoms with van der Waals surface area (Å²) >= 11 is 0. The van der Waals surface area contributed by atoms with Crippen LogP contribution in [0.15, 0.2) is 36.9 Å². The van der Waals surface area contributed by atoms with Crippen LogP contribution < -0.4 is 11.5 Å². The van der Waals surface area contributed by atoms with E-state index in [0.717, 1.165) is 11.1 Å². The highest BCUT2D eigenvalue weighted by molar-refractivity contribution is 6.03. The molecular formula is C21H27N5O3. The predicted molar refractivity (Wildman–Crippen MR) is 111 cm³/mol. The van der Waals surface area contributed by atoms with Crippen LogP contribution in [0.2, 0.25) is 0 Å². The van der Waals surface area contributed by atoms with E-state index >= 15 is 0 Å². The smallest absolute Gasteiger partial charge is 0.254 e. The summed E-state index contributed by atoms with van der Waals surface area (Å²) in [6.07, 6.45) is 2.66. The van der Waals surface area contributed by atoms with Crippen LogP contribution in [0.4, 0.5) is 5.82 Å². The summed E-state index contributed by atoms with van der Waals surface area (Å²) in [7, 11) is 1.65. The summed E-state index contributed by atoms with van der Waals surface area (Å²) in [6, 6.07) is 7.62. The number of likely N-dealkylation sites (tertiary alicyclic amines) is 1. The van der Waals surface area contributed by atoms with Gasteiger partial charge in [0.2, 0.25) is 5.91 Å². The van der Waals surface area contributed by atoms with Gasteiger partial charge >= 0.3 is 0 Å². The maximum atomic E-state index is 12.1. The van der Waals surface area contributed by atoms with E-state index in [1.807, 2.05) is 31.2 Å². The van der Waals surface area contributed by atoms with E-state index in [1.165, 1.54) is 6.08 Å². The molecule has 1 aromatic carbocycles. The molecule has 1 saturated heterocycles. The number of piperidine rings is 1. The molecule has 1 unspecified atom stereocenters. The van der Waals surface area contributed by atoms with Crippen LogP contribution >= 0.6 is 0 Å². The van der Waals surface area contributed by atoms with Gasteiger partial charge in [-0.3, -0.25) is 9.59 Å². The Morgan fingerprint density at radius 1 is 1.28 bits per heavy atom. The molecular weight excluding hydrogens is 370 g/mol. The van der Waals surface area contributed by atoms with Gasteiger partial charge < -0.3 is 21.1 Å². The van der Waals surface area contributed by atoms with Gasteiger partial charge in [-0.15, -0.1) is 0 Å². The van der Waals surface area contributed by atoms with Gasteiger partial charge in [0.15, 0.2) is 0 Å². The average molecular weight is 397 g/mol. The van der Waals surface area contributed by atoms with Crippen molar-refractivity contribution in [1.82, 2.24) is 14.7 Å². The molecule has 0 bridgehead atoms. The molecule has 2 heterocycles. The number of aromatic nitrogens is 2. The number of hydrogen-bond acceptors (Lipinski definition) is 5. The summed E-state index contributed by atoms with van der Waals surface area (Å²) in [4.78, 5) is 25.7. The molecule has 1 aliphatic heterocycles. The van der Waals surface area contributed by atoms with Gasteiger partial charge in [-0.1, -0.05) is 30.8 Å². The fraction of sp³-hybridized carbons (Fsp3) is 0.381. The van der Waals surface area contributed by atoms with Crippen molar-refractivity contribution < 1.29 is 14.3 Å². The molecule has 0 saturated carbocycles. The number of nitrogen functional groups attached to an aromatic ring is 1. The number of nitrogens with two attached hydrogens (primary N) is 2. The molecule has 3 rings (SSSR count). The van der Waals surface area contributed by atoms with Gasteiger partial charge in [0.25, 0.3) is 5.91 Å². The Morgan fingerprint density at radius 3 is 2.41 bits per heavy atom. The molecule has 8 heteroatoms. The van der Waals surface area contributed by atoms with Gasteiger partial charge in [-0.25, -0.2) is 4.68 Å². The summed E-state index contributed by atoms with van der Waals surface area (Å²) in [5.74, 6) is -0.437. The number of hydrogen-bond donors (Lipinski definition) is 2. The third-order valence-corrected chi connectivity index (χ3v) is 5.50. The fourth-order valence-electron chi connectivity index (χ4n) is 3.68. The van der Waals surface area contributed by atoms with E-state index in [1.54, 1.807) is 16.7 Å². The molecule has 0 radical (unpaired) electrons. The summed E-state index contributed by atoms with van der Waals surface area (Å²) in [6.45, 7) is 6.65. The van der Waals surface area contributed by atoms with Gasteiger partial charge in [0, 0.05) is 25.8 Å². The SMILES string of the molecule is C=CC(=O)N1CCC(n2nc(-c3ccc(C(C)OC)cc3)c(C(N)=O)c2N)CC1. The summed E-state index contributed by atoms with van der Waals surface area (Å²) in [5, 5.41) is 4.65. The first-order chi connectivity index (χ1) is 13.9. The standard InChI is InChI=1S/C21H27N5O3/c1-4-17(27)25-11-9-16(10-12-25)26-20(22)18(21(23)28)19(24-26)15-7-5-14(6-8-15)13(2)29-3/h4-8,13,16H,1,9-12,22H2,2-3H3,(H2,23,28). The van der Waals surface area contributed by atoms with E-state index < -0.39 is 5.91 Å². The second-order valence-corrected chi connectivity index (χ2v) is 7.18. The lowest BCUT2D eigenvalue weighted by Gasteiger charge is -2.31. The predicted octanol–water partition coefficient (Wildman–Crippen LogP) is 2.29. The number of anilines is 1. The van der Waals surface area contributed by atoms with Gasteiger partial charge in [0.05, 0.1) is 12.1 Å². The van der Waals surface area contributed by atoms with Gasteiger partial charge in [-0.2, -0.15) is 5.10 Å². The Labute approximate surface area is 170 Å². The van der Waals surface area contributed by atoms with Gasteiger partial charge in [-0.05, 0) is 31.4 Å². The first kappa shape index (κ1) is 20.6. The number of benzene rings is 1. The molecule has 8 nitrogen and oxygen atoms in total. The number of methoxy groups -OCH3 is 1. The highest BCUT2D eigenvalue weighted by Gasteiger charge is 2.28. The van der Waals surface area contributed by atoms with Crippen molar-refractivity contribution in [1.29, 1.82) is 0 Å². The molecule has 1 atom stereocenters. The van der Waals surface area contributed by atoms with Crippen LogP contribution in [0, 0.1) is 0 Å². The van der Waals surface area contributed by atoms with Crippen LogP contribution in [-0.2, 0) is 9.53 Å². The summed E-state index contributed by atoms with van der Waals surface area (Å²) in [5.41, 5.74) is 14.4. The highest BCUT2D eigenvalue weighted by atomic mass is 16.5. The maximum absolute atomic E-state index is 12.1. The Balaban J connectivity index is 1.91. The molecule has 2 aromatic rings. The summed E-state index contributed by atoms with van der Waals surface area (Å²) < 4.78 is 7.01. The van der Waals surface area contributed by atoms with Crippen LogP contribution in [0.3, 0.4) is 0 Å². The molecule has 154 valence electrons. The Kier molecular flexibility index (Phi) is 6.03. The van der Waals surface area contributed by atoms with Crippen LogP contribution in [0.1, 0.15) is 47.8 Å². The van der Waals surface area contributed by atoms with Crippen LogP contribution in [-0.4, -0.2) is 46.7 Å². The number of primary amides is 1. The molecule has 4 N–H and O–H groups in total. The third-order valence-electron chi connectivity index (χ3n) is 5.50. The lowest BCUT2D eigenvalue weighted by atomic mass is 10.0. The quantitative estimate of drug-likeness (QED) is 0.726. The number of carbonyl (C=O) groups excluding carboxylic acids is 2. The Bertz CT molecular complexity index is 911. The van der Waals surface area contributed by atoms with Crippen molar-refractivity contribution in [3.63, 3.8) is 0 Å². The monoisotopic (exact) mass is 397 g/mol. The maximum Gasteiger partial charge on any atom is 0.254 e. The van der Waals surface area contributed by atoms with Crippen LogP contribution in [0.5, 0.6) is 0 Å². The number of nitrogens with zero attached hydrogens (tertiary/aromatic N) is 3. The van der Waals surface area contributed by atoms with E-state index in [4.69, 9.17) is 16.2 Å². The lowest BCUT2D eigenvalue weighted by Crippen LogP contribution is -2.38. The molecule has 29 heavy (non-hydrogen) atoms. The second kappa shape index (κ2) is 8.48. The molecule has 1 fully saturated rings. The molecule has 0 spiro atoms. The molecule has 2 amide bonds. The molecule has 1 aliphatic rings. The fourth-order valence-corrected chi connectivity index (χ4v) is 3.68. The van der Waals surface area contributed by atoms with Gasteiger partial charge in [0.1, 0.15) is 17.1 Å². The number of carbonyl (C=O) groups is 2. The van der Waals surface area contributed by atoms with Crippen molar-refractivity contribution in [2.24, 2.45) is 5.73 Å². The minimum absolute atomic E-state index is 0.0106. The zero-order chi connectivity index (χ0) is 21.1. The zero-order valence-electron chi connectivity index (χ0n) is 16.8. The highest BCUT2D eigenvalue weighted by Crippen LogP contribution is 2.33. The van der Waals surface area contributed by atoms with E-state index in [-0.39, 0.29) is 29.4 Å². The zero-order valence-corrected chi connectivity index (χ0v) is 16.8. The largest absolute Gasteiger partial charge is 0.383 e. The number of rotatable bonds is 6. The minimum Gasteiger partial charge on any atom is -0.383 e. The van der Waals surface area contributed by atoms with Crippen molar-refractivity contribution in [2.75, 3.05) is 25.9 Å². The topological polar surface area (TPSA) is 116 Å². The second-order valence-electron chi connectivity index (χ2n) is 7.18. The Hall–Kier alpha value is -3.13. The van der Waals surface area contributed by atoms with Crippen LogP contribution in [0.25, 0.3) is 11.3 Å². The van der Waals surface area contributed by atoms with Crippen molar-refractivity contribution in [2.45, 2.75) is 31.9 Å². The Morgan fingerprint density at radius 2 is 1.90 bits per heavy atom. The van der Waals surface area contributed by atoms with Crippen molar-refractivity contribution >= 4 is 17.6 Å². The average Bonchev–Trinajstić information content (AvgIpc) is 3.10. The molecule has 1 aromatic heterocycles. The van der Waals surface area contributed by atoms with Crippen molar-refractivity contribution in [3.05, 3.63) is 48.0 Å². The molecule has 0 aliphatic carbocycles. The number of ether oxygens (including phenoxy) is 1. The minimum atomic E-state index is -0.614. The van der Waals surface area contributed by atoms with E-state index in [2.05, 4.69) is 11.7 Å². The third kappa shape index (κ3) is 4.02. The lowest BCUT2D eigenvalue weighted by molar-refractivity contribution is -0.127. The normalized spacial score (nSPS) is 15.9. The number of amides is 2. The first-order valence-electron chi connectivity index (χ1n) is 9.59.